The SMILES string of the molecule is CC(C)N1CCC(CC(=O)c2cc(Oc3ccc4c(c3)CCC(C(=O)NO)C4)ccn2)CC1. The molecule has 0 bridgehead atoms. The Bertz CT molecular complexity index is 999. The van der Waals surface area contributed by atoms with Gasteiger partial charge in [-0.15, -0.1) is 0 Å². The van der Waals surface area contributed by atoms with Crippen molar-refractivity contribution in [3.05, 3.63) is 53.3 Å². The monoisotopic (exact) mass is 451 g/mol. The smallest absolute Gasteiger partial charge is 0.246 e. The molecule has 2 aliphatic rings. The fourth-order valence-electron chi connectivity index (χ4n) is 4.91. The lowest BCUT2D eigenvalue weighted by Crippen LogP contribution is -2.38. The van der Waals surface area contributed by atoms with Gasteiger partial charge < -0.3 is 9.64 Å². The molecular formula is C26H33N3O4. The highest BCUT2D eigenvalue weighted by atomic mass is 16.5. The quantitative estimate of drug-likeness (QED) is 0.373. The summed E-state index contributed by atoms with van der Waals surface area (Å²) in [4.78, 5) is 31.3. The number of piperidine rings is 1. The first-order valence-corrected chi connectivity index (χ1v) is 11.9. The van der Waals surface area contributed by atoms with E-state index in [2.05, 4.69) is 23.7 Å². The molecule has 2 heterocycles. The van der Waals surface area contributed by atoms with Crippen LogP contribution in [0.1, 0.15) is 61.1 Å². The van der Waals surface area contributed by atoms with E-state index in [-0.39, 0.29) is 17.6 Å². The van der Waals surface area contributed by atoms with E-state index in [1.807, 2.05) is 18.2 Å². The molecule has 0 spiro atoms. The minimum Gasteiger partial charge on any atom is -0.457 e. The predicted octanol–water partition coefficient (Wildman–Crippen LogP) is 4.18. The van der Waals surface area contributed by atoms with Crippen LogP contribution in [-0.4, -0.2) is 45.9 Å². The van der Waals surface area contributed by atoms with Gasteiger partial charge in [-0.3, -0.25) is 19.8 Å². The number of hydroxylamine groups is 1. The molecule has 33 heavy (non-hydrogen) atoms. The van der Waals surface area contributed by atoms with Crippen LogP contribution in [0, 0.1) is 11.8 Å². The van der Waals surface area contributed by atoms with Crippen molar-refractivity contribution < 1.29 is 19.5 Å². The minimum atomic E-state index is -0.333. The number of Topliss-reactive ketones (excluding diaryl/α,β-unsaturated/α-hetero) is 1. The van der Waals surface area contributed by atoms with Crippen LogP contribution in [0.3, 0.4) is 0 Å². The van der Waals surface area contributed by atoms with Gasteiger partial charge in [-0.05, 0) is 94.3 Å². The van der Waals surface area contributed by atoms with Crippen molar-refractivity contribution in [1.29, 1.82) is 0 Å². The summed E-state index contributed by atoms with van der Waals surface area (Å²) in [5.41, 5.74) is 4.45. The first kappa shape index (κ1) is 23.4. The second-order valence-electron chi connectivity index (χ2n) is 9.53. The molecule has 7 heteroatoms. The van der Waals surface area contributed by atoms with E-state index in [1.165, 1.54) is 0 Å². The van der Waals surface area contributed by atoms with E-state index in [0.29, 0.717) is 48.4 Å². The van der Waals surface area contributed by atoms with Crippen molar-refractivity contribution in [1.82, 2.24) is 15.4 Å². The number of rotatable bonds is 7. The third-order valence-electron chi connectivity index (χ3n) is 6.99. The van der Waals surface area contributed by atoms with Crippen molar-refractivity contribution in [3.63, 3.8) is 0 Å². The number of ether oxygens (including phenoxy) is 1. The summed E-state index contributed by atoms with van der Waals surface area (Å²) >= 11 is 0. The Morgan fingerprint density at radius 2 is 1.88 bits per heavy atom. The van der Waals surface area contributed by atoms with Crippen LogP contribution in [0.15, 0.2) is 36.5 Å². The molecule has 1 aliphatic heterocycles. The Hall–Kier alpha value is -2.77. The minimum absolute atomic E-state index is 0.0714. The summed E-state index contributed by atoms with van der Waals surface area (Å²) in [5.74, 6) is 1.24. The topological polar surface area (TPSA) is 91.8 Å². The summed E-state index contributed by atoms with van der Waals surface area (Å²) < 4.78 is 6.04. The Morgan fingerprint density at radius 3 is 2.61 bits per heavy atom. The van der Waals surface area contributed by atoms with E-state index < -0.39 is 0 Å². The van der Waals surface area contributed by atoms with E-state index in [9.17, 15) is 9.59 Å². The Kier molecular flexibility index (Phi) is 7.40. The number of carbonyl (C=O) groups excluding carboxylic acids is 2. The van der Waals surface area contributed by atoms with Crippen molar-refractivity contribution in [2.75, 3.05) is 13.1 Å². The average molecular weight is 452 g/mol. The maximum atomic E-state index is 12.9. The zero-order valence-electron chi connectivity index (χ0n) is 19.4. The molecule has 7 nitrogen and oxygen atoms in total. The molecule has 1 fully saturated rings. The number of nitrogens with zero attached hydrogens (tertiary/aromatic N) is 2. The van der Waals surface area contributed by atoms with Gasteiger partial charge in [-0.2, -0.15) is 0 Å². The van der Waals surface area contributed by atoms with Gasteiger partial charge in [-0.25, -0.2) is 5.48 Å². The second-order valence-corrected chi connectivity index (χ2v) is 9.53. The Morgan fingerprint density at radius 1 is 1.12 bits per heavy atom. The summed E-state index contributed by atoms with van der Waals surface area (Å²) in [5, 5.41) is 8.88. The molecule has 1 atom stereocenters. The van der Waals surface area contributed by atoms with Crippen LogP contribution in [0.25, 0.3) is 0 Å². The molecule has 1 amide bonds. The zero-order chi connectivity index (χ0) is 23.4. The third-order valence-corrected chi connectivity index (χ3v) is 6.99. The third kappa shape index (κ3) is 5.78. The normalized spacial score (nSPS) is 19.2. The molecule has 1 aromatic heterocycles. The van der Waals surface area contributed by atoms with Crippen LogP contribution in [0.5, 0.6) is 11.5 Å². The van der Waals surface area contributed by atoms with Gasteiger partial charge in [0.25, 0.3) is 0 Å². The molecule has 1 aromatic carbocycles. The largest absolute Gasteiger partial charge is 0.457 e. The fraction of sp³-hybridized carbons (Fsp3) is 0.500. The number of hydrogen-bond donors (Lipinski definition) is 2. The standard InChI is InChI=1S/C26H33N3O4/c1-17(2)29-11-8-18(9-12-29)13-25(30)24-16-23(7-10-27-24)33-22-6-5-19-14-21(26(31)28-32)4-3-20(19)15-22/h5-7,10,15-18,21,32H,3-4,8-9,11-14H2,1-2H3,(H,28,31). The van der Waals surface area contributed by atoms with Crippen LogP contribution in [0.2, 0.25) is 0 Å². The summed E-state index contributed by atoms with van der Waals surface area (Å²) in [6, 6.07) is 9.89. The summed E-state index contributed by atoms with van der Waals surface area (Å²) in [6.07, 6.45) is 6.30. The van der Waals surface area contributed by atoms with Crippen molar-refractivity contribution in [3.8, 4) is 11.5 Å². The van der Waals surface area contributed by atoms with E-state index in [4.69, 9.17) is 9.94 Å². The number of fused-ring (bicyclic) bond motifs is 1. The van der Waals surface area contributed by atoms with Gasteiger partial charge in [0.15, 0.2) is 5.78 Å². The first-order chi connectivity index (χ1) is 15.9. The van der Waals surface area contributed by atoms with Gasteiger partial charge in [0, 0.05) is 30.6 Å². The maximum absolute atomic E-state index is 12.9. The average Bonchev–Trinajstić information content (AvgIpc) is 2.83. The molecule has 2 aromatic rings. The Balaban J connectivity index is 1.37. The van der Waals surface area contributed by atoms with Crippen LogP contribution in [0.4, 0.5) is 0 Å². The van der Waals surface area contributed by atoms with E-state index in [0.717, 1.165) is 43.5 Å². The predicted molar refractivity (Wildman–Crippen MR) is 125 cm³/mol. The molecule has 4 rings (SSSR count). The number of aryl methyl sites for hydroxylation is 1. The molecule has 1 aliphatic carbocycles. The number of pyridine rings is 1. The second kappa shape index (κ2) is 10.4. The number of amides is 1. The van der Waals surface area contributed by atoms with Crippen LogP contribution >= 0.6 is 0 Å². The number of carbonyl (C=O) groups is 2. The number of hydrogen-bond acceptors (Lipinski definition) is 6. The number of nitrogens with one attached hydrogen (secondary N) is 1. The maximum Gasteiger partial charge on any atom is 0.246 e. The highest BCUT2D eigenvalue weighted by Gasteiger charge is 2.25. The summed E-state index contributed by atoms with van der Waals surface area (Å²) in [6.45, 7) is 6.54. The van der Waals surface area contributed by atoms with Gasteiger partial charge in [-0.1, -0.05) is 6.07 Å². The van der Waals surface area contributed by atoms with Gasteiger partial charge in [0.1, 0.15) is 17.2 Å². The Labute approximate surface area is 195 Å². The van der Waals surface area contributed by atoms with Gasteiger partial charge in [0.05, 0.1) is 0 Å². The lowest BCUT2D eigenvalue weighted by Gasteiger charge is -2.34. The van der Waals surface area contributed by atoms with Crippen LogP contribution in [-0.2, 0) is 17.6 Å². The lowest BCUT2D eigenvalue weighted by molar-refractivity contribution is -0.133. The zero-order valence-corrected chi connectivity index (χ0v) is 19.4. The number of aromatic nitrogens is 1. The molecule has 1 saturated heterocycles. The molecule has 1 unspecified atom stereocenters. The molecule has 0 saturated carbocycles. The van der Waals surface area contributed by atoms with Gasteiger partial charge in [0.2, 0.25) is 5.91 Å². The number of likely N-dealkylation sites (tertiary alicyclic amines) is 1. The first-order valence-electron chi connectivity index (χ1n) is 11.9. The van der Waals surface area contributed by atoms with Crippen molar-refractivity contribution >= 4 is 11.7 Å². The van der Waals surface area contributed by atoms with E-state index >= 15 is 0 Å². The number of benzene rings is 1. The van der Waals surface area contributed by atoms with E-state index in [1.54, 1.807) is 23.8 Å². The van der Waals surface area contributed by atoms with Crippen LogP contribution < -0.4 is 10.2 Å². The number of ketones is 1. The molecule has 176 valence electrons. The molecular weight excluding hydrogens is 418 g/mol. The summed E-state index contributed by atoms with van der Waals surface area (Å²) in [7, 11) is 0. The fourth-order valence-corrected chi connectivity index (χ4v) is 4.91. The van der Waals surface area contributed by atoms with Gasteiger partial charge >= 0.3 is 0 Å². The van der Waals surface area contributed by atoms with Crippen molar-refractivity contribution in [2.45, 2.75) is 58.4 Å². The van der Waals surface area contributed by atoms with Crippen molar-refractivity contribution in [2.24, 2.45) is 11.8 Å². The lowest BCUT2D eigenvalue weighted by atomic mass is 9.83. The molecule has 2 N–H and O–H groups in total. The highest BCUT2D eigenvalue weighted by molar-refractivity contribution is 5.94. The molecule has 0 radical (unpaired) electrons. The highest BCUT2D eigenvalue weighted by Crippen LogP contribution is 2.31.